The second-order valence-electron chi connectivity index (χ2n) is 6.08. The molecule has 27 heavy (non-hydrogen) atoms. The molecule has 1 saturated heterocycles. The van der Waals surface area contributed by atoms with Crippen molar-refractivity contribution in [1.29, 1.82) is 0 Å². The van der Waals surface area contributed by atoms with Crippen LogP contribution >= 0.6 is 23.5 Å². The molecule has 140 valence electrons. The van der Waals surface area contributed by atoms with Crippen LogP contribution in [-0.4, -0.2) is 43.6 Å². The monoisotopic (exact) mass is 403 g/mol. The number of carbonyl (C=O) groups excluding carboxylic acids is 2. The number of nitrogens with zero attached hydrogens (tertiary/aromatic N) is 4. The fourth-order valence-corrected chi connectivity index (χ4v) is 5.06. The third-order valence-corrected chi connectivity index (χ3v) is 6.58. The number of fused-ring (bicyclic) bond motifs is 2. The number of aryl methyl sites for hydroxylation is 1. The summed E-state index contributed by atoms with van der Waals surface area (Å²) in [4.78, 5) is 24.7. The van der Waals surface area contributed by atoms with E-state index < -0.39 is 12.0 Å². The third kappa shape index (κ3) is 3.03. The van der Waals surface area contributed by atoms with E-state index in [9.17, 15) is 14.7 Å². The average Bonchev–Trinajstić information content (AvgIpc) is 3.09. The summed E-state index contributed by atoms with van der Waals surface area (Å²) in [6.45, 7) is 2.93. The lowest BCUT2D eigenvalue weighted by atomic mass is 10.0. The number of rotatable bonds is 5. The maximum atomic E-state index is 11.9. The van der Waals surface area contributed by atoms with Crippen molar-refractivity contribution in [2.24, 2.45) is 5.73 Å². The lowest BCUT2D eigenvalue weighted by molar-refractivity contribution is -0.667. The molecule has 0 spiro atoms. The highest BCUT2D eigenvalue weighted by Gasteiger charge is 2.49. The maximum Gasteiger partial charge on any atom is 0.307 e. The van der Waals surface area contributed by atoms with Crippen LogP contribution < -0.4 is 15.4 Å². The Kier molecular flexibility index (Phi) is 4.70. The van der Waals surface area contributed by atoms with Gasteiger partial charge in [-0.1, -0.05) is 16.9 Å². The smallest absolute Gasteiger partial charge is 0.307 e. The van der Waals surface area contributed by atoms with Crippen LogP contribution in [0.5, 0.6) is 0 Å². The molecule has 2 aromatic rings. The van der Waals surface area contributed by atoms with E-state index in [0.29, 0.717) is 11.3 Å². The highest BCUT2D eigenvalue weighted by atomic mass is 32.2. The quantitative estimate of drug-likeness (QED) is 0.407. The van der Waals surface area contributed by atoms with Gasteiger partial charge in [0.25, 0.3) is 0 Å². The van der Waals surface area contributed by atoms with Gasteiger partial charge in [0.05, 0.1) is 18.2 Å². The summed E-state index contributed by atoms with van der Waals surface area (Å²) in [6, 6.07) is 3.25. The molecule has 0 unspecified atom stereocenters. The van der Waals surface area contributed by atoms with Crippen molar-refractivity contribution in [3.8, 4) is 0 Å². The number of amides is 1. The molecule has 2 atom stereocenters. The van der Waals surface area contributed by atoms with Gasteiger partial charge >= 0.3 is 5.65 Å². The Morgan fingerprint density at radius 1 is 1.56 bits per heavy atom. The predicted octanol–water partition coefficient (Wildman–Crippen LogP) is -0.506. The van der Waals surface area contributed by atoms with Gasteiger partial charge in [-0.25, -0.2) is 4.57 Å². The predicted molar refractivity (Wildman–Crippen MR) is 99.2 cm³/mol. The lowest BCUT2D eigenvalue weighted by Crippen LogP contribution is -2.69. The molecule has 1 fully saturated rings. The number of aliphatic carboxylic acids is 1. The number of hydrogen-bond acceptors (Lipinski definition) is 7. The van der Waals surface area contributed by atoms with Gasteiger partial charge in [0.15, 0.2) is 6.20 Å². The van der Waals surface area contributed by atoms with E-state index in [0.717, 1.165) is 17.2 Å². The third-order valence-electron chi connectivity index (χ3n) is 4.53. The van der Waals surface area contributed by atoms with Gasteiger partial charge in [0.2, 0.25) is 5.91 Å². The summed E-state index contributed by atoms with van der Waals surface area (Å²) in [5.74, 6) is -1.28. The molecule has 1 amide bonds. The van der Waals surface area contributed by atoms with Crippen molar-refractivity contribution in [3.05, 3.63) is 47.3 Å². The molecular weight excluding hydrogens is 386 g/mol. The zero-order valence-electron chi connectivity index (χ0n) is 14.4. The van der Waals surface area contributed by atoms with Crippen LogP contribution in [-0.2, 0) is 16.1 Å². The van der Waals surface area contributed by atoms with Gasteiger partial charge in [-0.3, -0.25) is 9.69 Å². The Bertz CT molecular complexity index is 1000. The first-order chi connectivity index (χ1) is 13.0. The van der Waals surface area contributed by atoms with Crippen LogP contribution in [0, 0.1) is 0 Å². The summed E-state index contributed by atoms with van der Waals surface area (Å²) >= 11 is 2.83. The van der Waals surface area contributed by atoms with Crippen LogP contribution in [0.25, 0.3) is 5.65 Å². The van der Waals surface area contributed by atoms with E-state index in [1.54, 1.807) is 16.0 Å². The van der Waals surface area contributed by atoms with Crippen LogP contribution in [0.3, 0.4) is 0 Å². The molecule has 0 radical (unpaired) electrons. The molecule has 0 saturated carbocycles. The summed E-state index contributed by atoms with van der Waals surface area (Å²) in [5, 5.41) is 18.3. The Labute approximate surface area is 163 Å². The van der Waals surface area contributed by atoms with Crippen molar-refractivity contribution >= 4 is 41.0 Å². The Hall–Kier alpha value is -2.30. The van der Waals surface area contributed by atoms with Gasteiger partial charge in [-0.2, -0.15) is 0 Å². The summed E-state index contributed by atoms with van der Waals surface area (Å²) < 4.78 is 3.88. The largest absolute Gasteiger partial charge is 0.543 e. The number of hydrogen-bond donors (Lipinski definition) is 1. The molecule has 0 bridgehead atoms. The van der Waals surface area contributed by atoms with Crippen molar-refractivity contribution < 1.29 is 19.3 Å². The van der Waals surface area contributed by atoms with E-state index in [-0.39, 0.29) is 17.0 Å². The molecule has 2 N–H and O–H groups in total. The van der Waals surface area contributed by atoms with E-state index in [4.69, 9.17) is 5.73 Å². The number of allylic oxidation sites excluding steroid dienone is 1. The fraction of sp³-hybridized carbons (Fsp3) is 0.294. The normalized spacial score (nSPS) is 22.4. The summed E-state index contributed by atoms with van der Waals surface area (Å²) in [7, 11) is 0. The van der Waals surface area contributed by atoms with Gasteiger partial charge < -0.3 is 15.6 Å². The highest BCUT2D eigenvalue weighted by Crippen LogP contribution is 2.39. The van der Waals surface area contributed by atoms with Gasteiger partial charge in [-0.15, -0.1) is 16.3 Å². The second kappa shape index (κ2) is 7.02. The molecule has 0 aromatic carbocycles. The van der Waals surface area contributed by atoms with Crippen molar-refractivity contribution in [1.82, 2.24) is 14.5 Å². The van der Waals surface area contributed by atoms with Crippen molar-refractivity contribution in [2.75, 3.05) is 5.75 Å². The first kappa shape index (κ1) is 18.1. The van der Waals surface area contributed by atoms with Crippen LogP contribution in [0.4, 0.5) is 0 Å². The van der Waals surface area contributed by atoms with Crippen LogP contribution in [0.1, 0.15) is 6.92 Å². The number of imidazole rings is 1. The maximum absolute atomic E-state index is 11.9. The topological polar surface area (TPSA) is 108 Å². The molecular formula is C17H17N5O3S2. The number of carbonyl (C=O) groups is 2. The van der Waals surface area contributed by atoms with Gasteiger partial charge in [-0.05, 0) is 30.0 Å². The summed E-state index contributed by atoms with van der Waals surface area (Å²) in [6.07, 6.45) is 5.55. The van der Waals surface area contributed by atoms with E-state index in [1.807, 2.05) is 24.5 Å². The second-order valence-corrected chi connectivity index (χ2v) is 8.11. The number of carboxylic acids is 1. The van der Waals surface area contributed by atoms with Gasteiger partial charge in [0, 0.05) is 11.8 Å². The van der Waals surface area contributed by atoms with Crippen molar-refractivity contribution in [3.63, 3.8) is 0 Å². The first-order valence-corrected chi connectivity index (χ1v) is 10.3. The number of carboxylic acid groups (broad SMARTS) is 1. The molecule has 0 aliphatic carbocycles. The van der Waals surface area contributed by atoms with E-state index in [2.05, 4.69) is 16.6 Å². The molecule has 4 heterocycles. The molecule has 8 nitrogen and oxygen atoms in total. The Morgan fingerprint density at radius 3 is 3.11 bits per heavy atom. The Balaban J connectivity index is 1.55. The molecule has 2 aromatic heterocycles. The number of aromatic nitrogens is 3. The zero-order valence-corrected chi connectivity index (χ0v) is 16.1. The van der Waals surface area contributed by atoms with Crippen LogP contribution in [0.2, 0.25) is 0 Å². The standard InChI is InChI=1S/C17H17N5O3S2/c1-2-20-6-7-21-12(20)4-3-11(19-21)26-8-5-10-9-27-16-13(18)15(23)22(16)14(10)17(24)25/h3-8,13,16H,2,9,18H2,1H3/b8-5+/t13-,16-/m1/s1. The average molecular weight is 403 g/mol. The molecule has 10 heteroatoms. The number of β-lactam (4-membered cyclic amide) rings is 1. The number of thioether (sulfide) groups is 2. The highest BCUT2D eigenvalue weighted by molar-refractivity contribution is 8.02. The number of nitrogens with two attached hydrogens (primary N) is 1. The first-order valence-electron chi connectivity index (χ1n) is 8.37. The Morgan fingerprint density at radius 2 is 2.37 bits per heavy atom. The van der Waals surface area contributed by atoms with E-state index in [1.165, 1.54) is 28.4 Å². The molecule has 4 rings (SSSR count). The minimum atomic E-state index is -1.36. The fourth-order valence-electron chi connectivity index (χ4n) is 3.14. The zero-order chi connectivity index (χ0) is 19.1. The van der Waals surface area contributed by atoms with Crippen molar-refractivity contribution in [2.45, 2.75) is 29.9 Å². The minimum Gasteiger partial charge on any atom is -0.543 e. The lowest BCUT2D eigenvalue weighted by Gasteiger charge is -2.49. The van der Waals surface area contributed by atoms with Crippen LogP contribution in [0.15, 0.2) is 52.3 Å². The van der Waals surface area contributed by atoms with Gasteiger partial charge in [0.1, 0.15) is 22.6 Å². The SMILES string of the molecule is CC[n+]1ccn2nc(S/C=C/C3=C(C(=O)[O-])N4C(=O)[C@@H](N)[C@H]4SC3)ccc21. The molecule has 2 aliphatic heterocycles. The van der Waals surface area contributed by atoms with E-state index >= 15 is 0 Å². The summed E-state index contributed by atoms with van der Waals surface area (Å²) in [5.41, 5.74) is 7.18. The minimum absolute atomic E-state index is 0.0832. The molecule has 2 aliphatic rings.